The number of carbonyl (C=O) groups excluding carboxylic acids is 2. The Labute approximate surface area is 140 Å². The van der Waals surface area contributed by atoms with Gasteiger partial charge in [0.25, 0.3) is 5.91 Å². The summed E-state index contributed by atoms with van der Waals surface area (Å²) in [5.41, 5.74) is 0. The molecule has 0 radical (unpaired) electrons. The number of halogens is 2. The highest BCUT2D eigenvalue weighted by Gasteiger charge is 2.44. The van der Waals surface area contributed by atoms with Crippen molar-refractivity contribution in [1.29, 1.82) is 0 Å². The lowest BCUT2D eigenvalue weighted by Gasteiger charge is -2.35. The molecule has 0 saturated carbocycles. The van der Waals surface area contributed by atoms with Crippen LogP contribution in [0.15, 0.2) is 17.0 Å². The molecule has 1 aromatic heterocycles. The molecule has 0 aromatic carbocycles. The van der Waals surface area contributed by atoms with Gasteiger partial charge >= 0.3 is 10.3 Å². The molecular formula is C10H9Cl2N3O5S2. The molecule has 22 heavy (non-hydrogen) atoms. The van der Waals surface area contributed by atoms with Crippen LogP contribution in [0.3, 0.4) is 0 Å². The van der Waals surface area contributed by atoms with E-state index in [4.69, 9.17) is 27.8 Å². The molecule has 1 unspecified atom stereocenters. The Hall–Kier alpha value is -1.07. The van der Waals surface area contributed by atoms with Crippen LogP contribution in [-0.2, 0) is 19.9 Å². The van der Waals surface area contributed by atoms with Gasteiger partial charge in [0.2, 0.25) is 5.91 Å². The van der Waals surface area contributed by atoms with Gasteiger partial charge in [-0.3, -0.25) is 14.1 Å². The topological polar surface area (TPSA) is 117 Å². The number of hydrogen-bond donors (Lipinski definition) is 2. The van der Waals surface area contributed by atoms with Crippen LogP contribution in [-0.4, -0.2) is 52.4 Å². The third-order valence-electron chi connectivity index (χ3n) is 2.61. The van der Waals surface area contributed by atoms with Crippen molar-refractivity contribution in [2.75, 3.05) is 12.3 Å². The number of aromatic nitrogens is 1. The quantitative estimate of drug-likeness (QED) is 0.330. The van der Waals surface area contributed by atoms with Crippen molar-refractivity contribution < 1.29 is 22.6 Å². The van der Waals surface area contributed by atoms with Crippen LogP contribution in [0.5, 0.6) is 0 Å². The maximum atomic E-state index is 11.7. The predicted molar refractivity (Wildman–Crippen MR) is 80.2 cm³/mol. The summed E-state index contributed by atoms with van der Waals surface area (Å²) in [4.78, 5) is 27.5. The number of pyridine rings is 1. The standard InChI is InChI=1S/C10H9Cl2N3O5S2/c11-7-1-5(2-8(12)14-7)21-4-9(16)13-6-3-15(10(6)17)22(18,19)20/h1-2,6H,3-4H2,(H,13,16)(H,18,19,20). The van der Waals surface area contributed by atoms with E-state index >= 15 is 0 Å². The van der Waals surface area contributed by atoms with Gasteiger partial charge in [0, 0.05) is 4.90 Å². The Morgan fingerprint density at radius 2 is 2.05 bits per heavy atom. The van der Waals surface area contributed by atoms with Gasteiger partial charge in [0.1, 0.15) is 16.3 Å². The fourth-order valence-corrected chi connectivity index (χ4v) is 3.67. The smallest absolute Gasteiger partial charge is 0.342 e. The fraction of sp³-hybridized carbons (Fsp3) is 0.300. The van der Waals surface area contributed by atoms with E-state index in [1.807, 2.05) is 0 Å². The summed E-state index contributed by atoms with van der Waals surface area (Å²) in [5.74, 6) is -1.37. The second kappa shape index (κ2) is 6.59. The highest BCUT2D eigenvalue weighted by atomic mass is 35.5. The number of carbonyl (C=O) groups is 2. The van der Waals surface area contributed by atoms with Crippen LogP contribution >= 0.6 is 35.0 Å². The first kappa shape index (κ1) is 17.3. The summed E-state index contributed by atoms with van der Waals surface area (Å²) in [6, 6.07) is 2.10. The molecule has 0 bridgehead atoms. The first-order valence-electron chi connectivity index (χ1n) is 5.71. The zero-order valence-corrected chi connectivity index (χ0v) is 13.8. The van der Waals surface area contributed by atoms with E-state index in [1.165, 1.54) is 12.1 Å². The second-order valence-electron chi connectivity index (χ2n) is 4.20. The van der Waals surface area contributed by atoms with Crippen LogP contribution in [0.25, 0.3) is 0 Å². The van der Waals surface area contributed by atoms with Crippen molar-refractivity contribution in [3.63, 3.8) is 0 Å². The molecule has 1 aliphatic rings. The zero-order chi connectivity index (χ0) is 16.5. The average molecular weight is 386 g/mol. The summed E-state index contributed by atoms with van der Waals surface area (Å²) in [6.07, 6.45) is 0. The molecule has 2 rings (SSSR count). The van der Waals surface area contributed by atoms with E-state index in [9.17, 15) is 18.0 Å². The first-order chi connectivity index (χ1) is 10.2. The minimum Gasteiger partial charge on any atom is -0.342 e. The van der Waals surface area contributed by atoms with Crippen molar-refractivity contribution in [3.05, 3.63) is 22.4 Å². The predicted octanol–water partition coefficient (Wildman–Crippen LogP) is 0.610. The van der Waals surface area contributed by atoms with E-state index < -0.39 is 28.2 Å². The number of thioether (sulfide) groups is 1. The molecular weight excluding hydrogens is 377 g/mol. The first-order valence-corrected chi connectivity index (χ1v) is 8.85. The lowest BCUT2D eigenvalue weighted by Crippen LogP contribution is -2.65. The molecule has 12 heteroatoms. The van der Waals surface area contributed by atoms with Crippen LogP contribution < -0.4 is 5.32 Å². The van der Waals surface area contributed by atoms with E-state index in [0.717, 1.165) is 11.8 Å². The van der Waals surface area contributed by atoms with Crippen molar-refractivity contribution >= 4 is 57.1 Å². The molecule has 1 atom stereocenters. The Balaban J connectivity index is 1.83. The Bertz CT molecular complexity index is 707. The molecule has 120 valence electrons. The zero-order valence-electron chi connectivity index (χ0n) is 10.7. The summed E-state index contributed by atoms with van der Waals surface area (Å²) >= 11 is 12.6. The van der Waals surface area contributed by atoms with Gasteiger partial charge < -0.3 is 5.32 Å². The number of hydrogen-bond acceptors (Lipinski definition) is 6. The third-order valence-corrected chi connectivity index (χ3v) is 4.86. The molecule has 0 aliphatic carbocycles. The normalized spacial score (nSPS) is 18.0. The number of nitrogens with one attached hydrogen (secondary N) is 1. The van der Waals surface area contributed by atoms with Crippen molar-refractivity contribution in [3.8, 4) is 0 Å². The summed E-state index contributed by atoms with van der Waals surface area (Å²) in [7, 11) is -4.56. The van der Waals surface area contributed by atoms with Gasteiger partial charge in [-0.05, 0) is 12.1 Å². The highest BCUT2D eigenvalue weighted by molar-refractivity contribution is 8.00. The Morgan fingerprint density at radius 1 is 1.45 bits per heavy atom. The van der Waals surface area contributed by atoms with Crippen LogP contribution in [0.1, 0.15) is 0 Å². The highest BCUT2D eigenvalue weighted by Crippen LogP contribution is 2.24. The fourth-order valence-electron chi connectivity index (χ4n) is 1.62. The monoisotopic (exact) mass is 385 g/mol. The second-order valence-corrected chi connectivity index (χ2v) is 7.36. The Morgan fingerprint density at radius 3 is 2.55 bits per heavy atom. The van der Waals surface area contributed by atoms with Crippen molar-refractivity contribution in [1.82, 2.24) is 14.6 Å². The van der Waals surface area contributed by atoms with Crippen LogP contribution in [0.4, 0.5) is 0 Å². The minimum absolute atomic E-state index is 0.0215. The van der Waals surface area contributed by atoms with E-state index in [-0.39, 0.29) is 26.9 Å². The van der Waals surface area contributed by atoms with Crippen LogP contribution in [0, 0.1) is 0 Å². The maximum absolute atomic E-state index is 11.7. The van der Waals surface area contributed by atoms with E-state index in [0.29, 0.717) is 4.90 Å². The largest absolute Gasteiger partial charge is 0.362 e. The molecule has 1 fully saturated rings. The SMILES string of the molecule is O=C(CSc1cc(Cl)nc(Cl)c1)NC1CN(S(=O)(=O)O)C1=O. The molecule has 8 nitrogen and oxygen atoms in total. The van der Waals surface area contributed by atoms with Gasteiger partial charge in [-0.2, -0.15) is 8.42 Å². The molecule has 1 saturated heterocycles. The summed E-state index contributed by atoms with van der Waals surface area (Å²) < 4.78 is 30.5. The minimum atomic E-state index is -4.56. The molecule has 2 amide bonds. The van der Waals surface area contributed by atoms with Gasteiger partial charge in [0.05, 0.1) is 12.3 Å². The van der Waals surface area contributed by atoms with Gasteiger partial charge in [-0.25, -0.2) is 9.29 Å². The number of amides is 2. The van der Waals surface area contributed by atoms with Crippen molar-refractivity contribution in [2.45, 2.75) is 10.9 Å². The van der Waals surface area contributed by atoms with E-state index in [2.05, 4.69) is 10.3 Å². The van der Waals surface area contributed by atoms with Gasteiger partial charge in [-0.1, -0.05) is 23.2 Å². The molecule has 0 spiro atoms. The van der Waals surface area contributed by atoms with E-state index in [1.54, 1.807) is 0 Å². The lowest BCUT2D eigenvalue weighted by molar-refractivity contribution is -0.140. The average Bonchev–Trinajstić information content (AvgIpc) is 2.37. The number of nitrogens with zero attached hydrogens (tertiary/aromatic N) is 2. The van der Waals surface area contributed by atoms with Crippen LogP contribution in [0.2, 0.25) is 10.3 Å². The Kier molecular flexibility index (Phi) is 5.17. The maximum Gasteiger partial charge on any atom is 0.362 e. The molecule has 2 heterocycles. The number of rotatable bonds is 5. The van der Waals surface area contributed by atoms with Gasteiger partial charge in [0.15, 0.2) is 0 Å². The van der Waals surface area contributed by atoms with Crippen molar-refractivity contribution in [2.24, 2.45) is 0 Å². The molecule has 1 aromatic rings. The summed E-state index contributed by atoms with van der Waals surface area (Å²) in [5, 5.41) is 2.74. The lowest BCUT2D eigenvalue weighted by atomic mass is 10.1. The number of β-lactam (4-membered cyclic amide) rings is 1. The molecule has 1 aliphatic heterocycles. The molecule has 2 N–H and O–H groups in total. The summed E-state index contributed by atoms with van der Waals surface area (Å²) in [6.45, 7) is -0.291. The van der Waals surface area contributed by atoms with Gasteiger partial charge in [-0.15, -0.1) is 11.8 Å². The third kappa shape index (κ3) is 4.23.